The van der Waals surface area contributed by atoms with Crippen LogP contribution in [0.2, 0.25) is 0 Å². The molecule has 0 saturated heterocycles. The van der Waals surface area contributed by atoms with Gasteiger partial charge in [-0.3, -0.25) is 14.4 Å². The van der Waals surface area contributed by atoms with Crippen molar-refractivity contribution in [3.05, 3.63) is 74.5 Å². The van der Waals surface area contributed by atoms with Crippen LogP contribution in [0.1, 0.15) is 74.6 Å². The first-order chi connectivity index (χ1) is 16.6. The van der Waals surface area contributed by atoms with Gasteiger partial charge in [-0.05, 0) is 74.4 Å². The van der Waals surface area contributed by atoms with Crippen LogP contribution in [0.15, 0.2) is 35.7 Å². The molecule has 2 heterocycles. The number of amides is 2. The molecular weight excluding hydrogens is 465 g/mol. The van der Waals surface area contributed by atoms with Gasteiger partial charge in [-0.15, -0.1) is 11.3 Å². The molecule has 35 heavy (non-hydrogen) atoms. The second kappa shape index (κ2) is 9.77. The summed E-state index contributed by atoms with van der Waals surface area (Å²) in [6, 6.07) is 8.31. The molecule has 0 unspecified atom stereocenters. The van der Waals surface area contributed by atoms with Crippen molar-refractivity contribution in [2.45, 2.75) is 58.4 Å². The standard InChI is InChI=1S/C27H30FN3O3S/c1-16-15-19(10-11-20(16)28)29-25(33)22-17(2)23(31(4)18(22)3)24(32)26(34)30-27(12-6-5-7-13-27)21-9-8-14-35-21/h8-11,14-15H,5-7,12-13H2,1-4H3,(H,29,33)(H,30,34). The number of benzene rings is 1. The molecule has 4 rings (SSSR count). The van der Waals surface area contributed by atoms with Crippen LogP contribution in [0.3, 0.4) is 0 Å². The number of hydrogen-bond donors (Lipinski definition) is 2. The second-order valence-electron chi connectivity index (χ2n) is 9.31. The Labute approximate surface area is 208 Å². The van der Waals surface area contributed by atoms with Gasteiger partial charge in [0.2, 0.25) is 0 Å². The van der Waals surface area contributed by atoms with Crippen molar-refractivity contribution in [2.75, 3.05) is 5.32 Å². The van der Waals surface area contributed by atoms with Crippen molar-refractivity contribution in [1.29, 1.82) is 0 Å². The van der Waals surface area contributed by atoms with Crippen molar-refractivity contribution in [3.8, 4) is 0 Å². The molecule has 3 aromatic rings. The van der Waals surface area contributed by atoms with Gasteiger partial charge in [0.25, 0.3) is 17.6 Å². The highest BCUT2D eigenvalue weighted by Gasteiger charge is 2.39. The molecule has 184 valence electrons. The van der Waals surface area contributed by atoms with Gasteiger partial charge in [0.15, 0.2) is 0 Å². The fourth-order valence-electron chi connectivity index (χ4n) is 5.07. The zero-order valence-electron chi connectivity index (χ0n) is 20.5. The third-order valence-electron chi connectivity index (χ3n) is 7.05. The molecule has 1 saturated carbocycles. The van der Waals surface area contributed by atoms with E-state index in [9.17, 15) is 18.8 Å². The fourth-order valence-corrected chi connectivity index (χ4v) is 6.01. The third kappa shape index (κ3) is 4.67. The molecule has 1 aliphatic rings. The quantitative estimate of drug-likeness (QED) is 0.347. The molecule has 6 nitrogen and oxygen atoms in total. The molecule has 0 aliphatic heterocycles. The van der Waals surface area contributed by atoms with E-state index in [0.717, 1.165) is 37.0 Å². The van der Waals surface area contributed by atoms with E-state index in [1.165, 1.54) is 12.1 Å². The number of aromatic nitrogens is 1. The van der Waals surface area contributed by atoms with Crippen molar-refractivity contribution < 1.29 is 18.8 Å². The summed E-state index contributed by atoms with van der Waals surface area (Å²) < 4.78 is 15.2. The summed E-state index contributed by atoms with van der Waals surface area (Å²) in [6.07, 6.45) is 4.67. The maximum atomic E-state index is 13.6. The van der Waals surface area contributed by atoms with E-state index < -0.39 is 23.1 Å². The highest BCUT2D eigenvalue weighted by Crippen LogP contribution is 2.39. The molecule has 2 amide bonds. The lowest BCUT2D eigenvalue weighted by molar-refractivity contribution is -0.119. The van der Waals surface area contributed by atoms with Gasteiger partial charge in [-0.2, -0.15) is 0 Å². The van der Waals surface area contributed by atoms with E-state index in [1.54, 1.807) is 49.8 Å². The summed E-state index contributed by atoms with van der Waals surface area (Å²) in [5.41, 5.74) is 1.87. The summed E-state index contributed by atoms with van der Waals surface area (Å²) in [6.45, 7) is 5.03. The maximum Gasteiger partial charge on any atom is 0.294 e. The predicted molar refractivity (Wildman–Crippen MR) is 136 cm³/mol. The first-order valence-corrected chi connectivity index (χ1v) is 12.7. The highest BCUT2D eigenvalue weighted by atomic mass is 32.1. The molecule has 1 aliphatic carbocycles. The fraction of sp³-hybridized carbons (Fsp3) is 0.370. The Morgan fingerprint density at radius 2 is 1.77 bits per heavy atom. The Bertz CT molecular complexity index is 1290. The van der Waals surface area contributed by atoms with Crippen molar-refractivity contribution in [3.63, 3.8) is 0 Å². The lowest BCUT2D eigenvalue weighted by Gasteiger charge is -2.37. The number of halogens is 1. The van der Waals surface area contributed by atoms with Gasteiger partial charge in [0.1, 0.15) is 5.82 Å². The van der Waals surface area contributed by atoms with E-state index >= 15 is 0 Å². The van der Waals surface area contributed by atoms with Crippen LogP contribution in [-0.4, -0.2) is 22.2 Å². The normalized spacial score (nSPS) is 15.0. The number of carbonyl (C=O) groups excluding carboxylic acids is 3. The zero-order chi connectivity index (χ0) is 25.3. The third-order valence-corrected chi connectivity index (χ3v) is 8.12. The van der Waals surface area contributed by atoms with Crippen molar-refractivity contribution >= 4 is 34.6 Å². The van der Waals surface area contributed by atoms with Gasteiger partial charge < -0.3 is 15.2 Å². The summed E-state index contributed by atoms with van der Waals surface area (Å²) in [5.74, 6) is -2.09. The topological polar surface area (TPSA) is 80.2 Å². The number of carbonyl (C=O) groups is 3. The van der Waals surface area contributed by atoms with Gasteiger partial charge in [-0.25, -0.2) is 4.39 Å². The van der Waals surface area contributed by atoms with E-state index in [4.69, 9.17) is 0 Å². The minimum Gasteiger partial charge on any atom is -0.344 e. The Balaban J connectivity index is 1.60. The number of nitrogens with one attached hydrogen (secondary N) is 2. The number of rotatable bonds is 6. The number of thiophene rings is 1. The molecule has 2 aromatic heterocycles. The van der Waals surface area contributed by atoms with Gasteiger partial charge >= 0.3 is 0 Å². The molecular formula is C27H30FN3O3S. The van der Waals surface area contributed by atoms with Crippen LogP contribution < -0.4 is 10.6 Å². The van der Waals surface area contributed by atoms with Crippen LogP contribution >= 0.6 is 11.3 Å². The maximum absolute atomic E-state index is 13.6. The lowest BCUT2D eigenvalue weighted by atomic mass is 9.80. The molecule has 0 spiro atoms. The first kappa shape index (κ1) is 24.9. The molecule has 0 radical (unpaired) electrons. The van der Waals surface area contributed by atoms with Crippen molar-refractivity contribution in [2.24, 2.45) is 7.05 Å². The number of anilines is 1. The summed E-state index contributed by atoms with van der Waals surface area (Å²) in [7, 11) is 1.68. The average molecular weight is 496 g/mol. The average Bonchev–Trinajstić information content (AvgIpc) is 3.44. The molecule has 1 fully saturated rings. The Hall–Kier alpha value is -3.26. The van der Waals surface area contributed by atoms with Gasteiger partial charge in [0, 0.05) is 23.3 Å². The molecule has 2 N–H and O–H groups in total. The SMILES string of the molecule is Cc1cc(NC(=O)c2c(C)c(C(=O)C(=O)NC3(c4cccs4)CCCCC3)n(C)c2C)ccc1F. The first-order valence-electron chi connectivity index (χ1n) is 11.8. The molecule has 0 atom stereocenters. The second-order valence-corrected chi connectivity index (χ2v) is 10.3. The van der Waals surface area contributed by atoms with Crippen LogP contribution in [0.25, 0.3) is 0 Å². The number of Topliss-reactive ketones (excluding diaryl/α,β-unsaturated/α-hetero) is 1. The molecule has 8 heteroatoms. The largest absolute Gasteiger partial charge is 0.344 e. The number of hydrogen-bond acceptors (Lipinski definition) is 4. The monoisotopic (exact) mass is 495 g/mol. The number of nitrogens with zero attached hydrogens (tertiary/aromatic N) is 1. The minimum atomic E-state index is -0.662. The van der Waals surface area contributed by atoms with E-state index in [-0.39, 0.29) is 11.5 Å². The van der Waals surface area contributed by atoms with Gasteiger partial charge in [0.05, 0.1) is 16.8 Å². The minimum absolute atomic E-state index is 0.192. The highest BCUT2D eigenvalue weighted by molar-refractivity contribution is 7.10. The van der Waals surface area contributed by atoms with Crippen LogP contribution in [0.5, 0.6) is 0 Å². The van der Waals surface area contributed by atoms with Gasteiger partial charge in [-0.1, -0.05) is 25.3 Å². The van der Waals surface area contributed by atoms with Crippen molar-refractivity contribution in [1.82, 2.24) is 9.88 Å². The Kier molecular flexibility index (Phi) is 6.94. The number of aryl methyl sites for hydroxylation is 1. The Morgan fingerprint density at radius 1 is 1.06 bits per heavy atom. The van der Waals surface area contributed by atoms with Crippen LogP contribution in [0.4, 0.5) is 10.1 Å². The van der Waals surface area contributed by atoms with E-state index in [1.807, 2.05) is 17.5 Å². The lowest BCUT2D eigenvalue weighted by Crippen LogP contribution is -2.49. The molecule has 1 aromatic carbocycles. The predicted octanol–water partition coefficient (Wildman–Crippen LogP) is 5.56. The molecule has 0 bridgehead atoms. The van der Waals surface area contributed by atoms with E-state index in [2.05, 4.69) is 10.6 Å². The van der Waals surface area contributed by atoms with Crippen LogP contribution in [0, 0.1) is 26.6 Å². The smallest absolute Gasteiger partial charge is 0.294 e. The number of ketones is 1. The Morgan fingerprint density at radius 3 is 2.40 bits per heavy atom. The summed E-state index contributed by atoms with van der Waals surface area (Å²) in [5, 5.41) is 7.83. The summed E-state index contributed by atoms with van der Waals surface area (Å²) >= 11 is 1.59. The van der Waals surface area contributed by atoms with Crippen LogP contribution in [-0.2, 0) is 17.4 Å². The van der Waals surface area contributed by atoms with E-state index in [0.29, 0.717) is 28.1 Å². The zero-order valence-corrected chi connectivity index (χ0v) is 21.3. The summed E-state index contributed by atoms with van der Waals surface area (Å²) in [4.78, 5) is 40.8.